The van der Waals surface area contributed by atoms with Gasteiger partial charge in [0.25, 0.3) is 0 Å². The molecule has 0 aliphatic heterocycles. The highest BCUT2D eigenvalue weighted by molar-refractivity contribution is 5.83. The smallest absolute Gasteiger partial charge is 0.326 e. The number of hydrogen-bond acceptors (Lipinski definition) is 3. The van der Waals surface area contributed by atoms with Crippen LogP contribution in [0.15, 0.2) is 0 Å². The summed E-state index contributed by atoms with van der Waals surface area (Å²) in [6.45, 7) is 0. The van der Waals surface area contributed by atoms with Crippen molar-refractivity contribution in [3.63, 3.8) is 0 Å². The van der Waals surface area contributed by atoms with Crippen LogP contribution in [-0.2, 0) is 9.59 Å². The second-order valence-electron chi connectivity index (χ2n) is 4.07. The van der Waals surface area contributed by atoms with Crippen LogP contribution in [0.4, 0.5) is 4.79 Å². The first-order valence-electron chi connectivity index (χ1n) is 5.50. The maximum atomic E-state index is 11.4. The highest BCUT2D eigenvalue weighted by atomic mass is 16.4. The van der Waals surface area contributed by atoms with Crippen LogP contribution in [-0.4, -0.2) is 40.3 Å². The van der Waals surface area contributed by atoms with Crippen LogP contribution in [0, 0.1) is 0 Å². The van der Waals surface area contributed by atoms with Gasteiger partial charge in [-0.1, -0.05) is 0 Å². The summed E-state index contributed by atoms with van der Waals surface area (Å²) in [4.78, 5) is 32.5. The Labute approximate surface area is 98.2 Å². The van der Waals surface area contributed by atoms with Gasteiger partial charge in [-0.25, -0.2) is 9.59 Å². The average molecular weight is 244 g/mol. The SMILES string of the molecule is O=C(O)CC[C@H](NC(=O)NC1CCC1)C(=O)O. The lowest BCUT2D eigenvalue weighted by molar-refractivity contribution is -0.140. The zero-order valence-corrected chi connectivity index (χ0v) is 9.31. The molecule has 0 aromatic heterocycles. The molecule has 1 aliphatic rings. The predicted molar refractivity (Wildman–Crippen MR) is 57.6 cm³/mol. The summed E-state index contributed by atoms with van der Waals surface area (Å²) in [5.74, 6) is -2.31. The summed E-state index contributed by atoms with van der Waals surface area (Å²) < 4.78 is 0. The lowest BCUT2D eigenvalue weighted by atomic mass is 9.93. The van der Waals surface area contributed by atoms with Gasteiger partial charge in [0.15, 0.2) is 0 Å². The van der Waals surface area contributed by atoms with E-state index in [2.05, 4.69) is 10.6 Å². The Kier molecular flexibility index (Phi) is 4.74. The zero-order chi connectivity index (χ0) is 12.8. The van der Waals surface area contributed by atoms with Crippen molar-refractivity contribution in [2.45, 2.75) is 44.2 Å². The fraction of sp³-hybridized carbons (Fsp3) is 0.700. The molecule has 1 atom stereocenters. The lowest BCUT2D eigenvalue weighted by Crippen LogP contribution is -2.50. The van der Waals surface area contributed by atoms with E-state index in [1.54, 1.807) is 0 Å². The number of nitrogens with one attached hydrogen (secondary N) is 2. The van der Waals surface area contributed by atoms with E-state index in [-0.39, 0.29) is 18.9 Å². The Morgan fingerprint density at radius 2 is 1.88 bits per heavy atom. The molecule has 17 heavy (non-hydrogen) atoms. The highest BCUT2D eigenvalue weighted by Gasteiger charge is 2.24. The third kappa shape index (κ3) is 4.71. The summed E-state index contributed by atoms with van der Waals surface area (Å²) >= 11 is 0. The molecule has 2 amide bonds. The average Bonchev–Trinajstić information content (AvgIpc) is 2.17. The van der Waals surface area contributed by atoms with Crippen molar-refractivity contribution in [1.29, 1.82) is 0 Å². The molecule has 1 saturated carbocycles. The number of amides is 2. The van der Waals surface area contributed by atoms with E-state index < -0.39 is 24.0 Å². The van der Waals surface area contributed by atoms with Gasteiger partial charge in [0, 0.05) is 12.5 Å². The molecule has 0 unspecified atom stereocenters. The third-order valence-corrected chi connectivity index (χ3v) is 2.69. The van der Waals surface area contributed by atoms with Crippen molar-refractivity contribution in [2.24, 2.45) is 0 Å². The predicted octanol–water partition coefficient (Wildman–Crippen LogP) is 0.156. The molecule has 1 rings (SSSR count). The van der Waals surface area contributed by atoms with Crippen LogP contribution in [0.5, 0.6) is 0 Å². The van der Waals surface area contributed by atoms with Gasteiger partial charge in [-0.2, -0.15) is 0 Å². The van der Waals surface area contributed by atoms with E-state index in [1.807, 2.05) is 0 Å². The Bertz CT molecular complexity index is 314. The maximum Gasteiger partial charge on any atom is 0.326 e. The summed E-state index contributed by atoms with van der Waals surface area (Å²) in [5.41, 5.74) is 0. The third-order valence-electron chi connectivity index (χ3n) is 2.69. The number of carboxylic acid groups (broad SMARTS) is 2. The summed E-state index contributed by atoms with van der Waals surface area (Å²) in [6, 6.07) is -1.59. The van der Waals surface area contributed by atoms with E-state index in [1.165, 1.54) is 0 Å². The molecule has 7 nitrogen and oxygen atoms in total. The fourth-order valence-corrected chi connectivity index (χ4v) is 1.46. The summed E-state index contributed by atoms with van der Waals surface area (Å²) in [6.07, 6.45) is 2.45. The van der Waals surface area contributed by atoms with Gasteiger partial charge < -0.3 is 20.8 Å². The number of aliphatic carboxylic acids is 2. The molecule has 1 fully saturated rings. The second kappa shape index (κ2) is 6.07. The van der Waals surface area contributed by atoms with Crippen molar-refractivity contribution in [3.05, 3.63) is 0 Å². The van der Waals surface area contributed by atoms with Gasteiger partial charge in [0.2, 0.25) is 0 Å². The number of carbonyl (C=O) groups excluding carboxylic acids is 1. The van der Waals surface area contributed by atoms with E-state index in [4.69, 9.17) is 10.2 Å². The molecule has 1 aliphatic carbocycles. The van der Waals surface area contributed by atoms with E-state index in [9.17, 15) is 14.4 Å². The molecule has 0 saturated heterocycles. The topological polar surface area (TPSA) is 116 Å². The van der Waals surface area contributed by atoms with Crippen LogP contribution >= 0.6 is 0 Å². The molecule has 0 spiro atoms. The monoisotopic (exact) mass is 244 g/mol. The second-order valence-corrected chi connectivity index (χ2v) is 4.07. The van der Waals surface area contributed by atoms with Crippen molar-refractivity contribution in [2.75, 3.05) is 0 Å². The Morgan fingerprint density at radius 1 is 1.24 bits per heavy atom. The Balaban J connectivity index is 2.33. The highest BCUT2D eigenvalue weighted by Crippen LogP contribution is 2.17. The van der Waals surface area contributed by atoms with Crippen molar-refractivity contribution in [1.82, 2.24) is 10.6 Å². The number of urea groups is 1. The van der Waals surface area contributed by atoms with Crippen molar-refractivity contribution >= 4 is 18.0 Å². The molecule has 0 aromatic carbocycles. The normalized spacial score (nSPS) is 16.7. The lowest BCUT2D eigenvalue weighted by Gasteiger charge is -2.27. The van der Waals surface area contributed by atoms with Crippen LogP contribution < -0.4 is 10.6 Å². The number of carboxylic acids is 2. The van der Waals surface area contributed by atoms with Crippen LogP contribution in [0.3, 0.4) is 0 Å². The largest absolute Gasteiger partial charge is 0.481 e. The van der Waals surface area contributed by atoms with E-state index in [0.29, 0.717) is 0 Å². The van der Waals surface area contributed by atoms with Crippen molar-refractivity contribution in [3.8, 4) is 0 Å². The first kappa shape index (κ1) is 13.3. The van der Waals surface area contributed by atoms with Gasteiger partial charge in [-0.05, 0) is 25.7 Å². The number of hydrogen-bond donors (Lipinski definition) is 4. The minimum absolute atomic E-state index is 0.115. The van der Waals surface area contributed by atoms with Crippen LogP contribution in [0.25, 0.3) is 0 Å². The summed E-state index contributed by atoms with van der Waals surface area (Å²) in [7, 11) is 0. The molecule has 0 heterocycles. The minimum Gasteiger partial charge on any atom is -0.481 e. The van der Waals surface area contributed by atoms with Gasteiger partial charge in [-0.15, -0.1) is 0 Å². The quantitative estimate of drug-likeness (QED) is 0.531. The zero-order valence-electron chi connectivity index (χ0n) is 9.31. The molecule has 7 heteroatoms. The molecule has 0 radical (unpaired) electrons. The Hall–Kier alpha value is -1.79. The maximum absolute atomic E-state index is 11.4. The fourth-order valence-electron chi connectivity index (χ4n) is 1.46. The standard InChI is InChI=1S/C10H16N2O5/c13-8(14)5-4-7(9(15)16)12-10(17)11-6-2-1-3-6/h6-7H,1-5H2,(H,13,14)(H,15,16)(H2,11,12,17)/t7-/m0/s1. The van der Waals surface area contributed by atoms with Crippen LogP contribution in [0.2, 0.25) is 0 Å². The molecule has 0 aromatic rings. The van der Waals surface area contributed by atoms with Gasteiger partial charge in [-0.3, -0.25) is 4.79 Å². The first-order chi connectivity index (χ1) is 7.99. The molecule has 4 N–H and O–H groups in total. The summed E-state index contributed by atoms with van der Waals surface area (Å²) in [5, 5.41) is 22.1. The molecular weight excluding hydrogens is 228 g/mol. The number of rotatable bonds is 6. The van der Waals surface area contributed by atoms with E-state index in [0.717, 1.165) is 19.3 Å². The Morgan fingerprint density at radius 3 is 2.29 bits per heavy atom. The van der Waals surface area contributed by atoms with E-state index >= 15 is 0 Å². The van der Waals surface area contributed by atoms with Crippen molar-refractivity contribution < 1.29 is 24.6 Å². The molecule has 96 valence electrons. The van der Waals surface area contributed by atoms with Gasteiger partial charge in [0.1, 0.15) is 6.04 Å². The first-order valence-corrected chi connectivity index (χ1v) is 5.50. The molecule has 0 bridgehead atoms. The molecular formula is C10H16N2O5. The van der Waals surface area contributed by atoms with Gasteiger partial charge >= 0.3 is 18.0 Å². The number of carbonyl (C=O) groups is 3. The van der Waals surface area contributed by atoms with Crippen LogP contribution in [0.1, 0.15) is 32.1 Å². The van der Waals surface area contributed by atoms with Gasteiger partial charge in [0.05, 0.1) is 0 Å². The minimum atomic E-state index is -1.23.